The molecule has 3 atom stereocenters. The van der Waals surface area contributed by atoms with Crippen LogP contribution in [0.25, 0.3) is 0 Å². The molecule has 0 aromatic heterocycles. The van der Waals surface area contributed by atoms with Crippen LogP contribution in [-0.4, -0.2) is 20.9 Å². The Morgan fingerprint density at radius 3 is 2.68 bits per heavy atom. The molecule has 2 aliphatic rings. The molecule has 5 nitrogen and oxygen atoms in total. The SMILES string of the molecule is C=C[C@@H]1C[C@]1(C)C(=O)NS(=O)(=O)c1ccc2c(c1)OCC(c1ccccc1)C2. The third-order valence-corrected chi connectivity index (χ3v) is 7.19. The lowest BCUT2D eigenvalue weighted by atomic mass is 9.90. The molecule has 1 N–H and O–H groups in total. The molecule has 1 aliphatic heterocycles. The summed E-state index contributed by atoms with van der Waals surface area (Å²) in [5.41, 5.74) is 1.47. The fourth-order valence-electron chi connectivity index (χ4n) is 3.76. The quantitative estimate of drug-likeness (QED) is 0.785. The van der Waals surface area contributed by atoms with E-state index in [1.54, 1.807) is 19.1 Å². The van der Waals surface area contributed by atoms with Crippen LogP contribution in [-0.2, 0) is 21.2 Å². The second-order valence-electron chi connectivity index (χ2n) is 7.79. The zero-order chi connectivity index (χ0) is 19.9. The molecule has 0 radical (unpaired) electrons. The number of nitrogens with one attached hydrogen (secondary N) is 1. The highest BCUT2D eigenvalue weighted by Gasteiger charge is 2.55. The van der Waals surface area contributed by atoms with Gasteiger partial charge in [0.05, 0.1) is 16.9 Å². The molecule has 0 spiro atoms. The largest absolute Gasteiger partial charge is 0.493 e. The second kappa shape index (κ2) is 6.78. The lowest BCUT2D eigenvalue weighted by Crippen LogP contribution is -2.36. The number of ether oxygens (including phenoxy) is 1. The van der Waals surface area contributed by atoms with Crippen LogP contribution >= 0.6 is 0 Å². The van der Waals surface area contributed by atoms with E-state index in [1.165, 1.54) is 17.7 Å². The first-order chi connectivity index (χ1) is 13.3. The van der Waals surface area contributed by atoms with Crippen molar-refractivity contribution in [3.05, 3.63) is 72.3 Å². The van der Waals surface area contributed by atoms with Gasteiger partial charge in [-0.3, -0.25) is 4.79 Å². The normalized spacial score (nSPS) is 25.9. The van der Waals surface area contributed by atoms with E-state index in [2.05, 4.69) is 23.4 Å². The van der Waals surface area contributed by atoms with Crippen LogP contribution in [0.4, 0.5) is 0 Å². The molecule has 1 saturated carbocycles. The maximum absolute atomic E-state index is 12.7. The average molecular weight is 397 g/mol. The fourth-order valence-corrected chi connectivity index (χ4v) is 4.86. The molecule has 0 saturated heterocycles. The summed E-state index contributed by atoms with van der Waals surface area (Å²) >= 11 is 0. The lowest BCUT2D eigenvalue weighted by Gasteiger charge is -2.26. The summed E-state index contributed by atoms with van der Waals surface area (Å²) in [5.74, 6) is 0.329. The van der Waals surface area contributed by atoms with E-state index in [4.69, 9.17) is 4.74 Å². The number of hydrogen-bond acceptors (Lipinski definition) is 4. The van der Waals surface area contributed by atoms with Crippen LogP contribution in [0.5, 0.6) is 5.75 Å². The van der Waals surface area contributed by atoms with Crippen LogP contribution in [0.3, 0.4) is 0 Å². The van der Waals surface area contributed by atoms with Crippen molar-refractivity contribution in [2.75, 3.05) is 6.61 Å². The van der Waals surface area contributed by atoms with Gasteiger partial charge in [0.25, 0.3) is 10.0 Å². The molecule has 2 aromatic rings. The molecule has 1 unspecified atom stereocenters. The first-order valence-corrected chi connectivity index (χ1v) is 10.8. The van der Waals surface area contributed by atoms with E-state index < -0.39 is 21.3 Å². The predicted molar refractivity (Wildman–Crippen MR) is 107 cm³/mol. The number of rotatable bonds is 5. The summed E-state index contributed by atoms with van der Waals surface area (Å²) in [4.78, 5) is 12.4. The van der Waals surface area contributed by atoms with E-state index in [1.807, 2.05) is 18.2 Å². The van der Waals surface area contributed by atoms with Crippen molar-refractivity contribution in [2.24, 2.45) is 11.3 Å². The van der Waals surface area contributed by atoms with Gasteiger partial charge in [-0.25, -0.2) is 13.1 Å². The summed E-state index contributed by atoms with van der Waals surface area (Å²) in [5, 5.41) is 0. The minimum atomic E-state index is -3.95. The monoisotopic (exact) mass is 397 g/mol. The molecule has 1 fully saturated rings. The Hall–Kier alpha value is -2.60. The number of amides is 1. The van der Waals surface area contributed by atoms with Gasteiger partial charge in [-0.15, -0.1) is 6.58 Å². The molecule has 2 aromatic carbocycles. The Morgan fingerprint density at radius 1 is 1.25 bits per heavy atom. The highest BCUT2D eigenvalue weighted by Crippen LogP contribution is 2.53. The van der Waals surface area contributed by atoms with Crippen LogP contribution < -0.4 is 9.46 Å². The molecule has 146 valence electrons. The molecule has 1 heterocycles. The summed E-state index contributed by atoms with van der Waals surface area (Å²) in [7, 11) is -3.95. The molecule has 0 bridgehead atoms. The molecule has 1 aliphatic carbocycles. The standard InChI is InChI=1S/C22H23NO4S/c1-3-18-13-22(18,2)21(24)23-28(25,26)19-10-9-16-11-17(14-27-20(16)12-19)15-7-5-4-6-8-15/h3-10,12,17-18H,1,11,13-14H2,2H3,(H,23,24)/t17?,18-,22+/m1/s1. The van der Waals surface area contributed by atoms with Gasteiger partial charge in [0, 0.05) is 12.0 Å². The van der Waals surface area contributed by atoms with Gasteiger partial charge in [-0.2, -0.15) is 0 Å². The van der Waals surface area contributed by atoms with Crippen LogP contribution in [0.1, 0.15) is 30.4 Å². The van der Waals surface area contributed by atoms with Gasteiger partial charge in [0.2, 0.25) is 5.91 Å². The maximum Gasteiger partial charge on any atom is 0.264 e. The number of carbonyl (C=O) groups is 1. The first-order valence-electron chi connectivity index (χ1n) is 9.34. The molecule has 28 heavy (non-hydrogen) atoms. The number of sulfonamides is 1. The lowest BCUT2D eigenvalue weighted by molar-refractivity contribution is -0.124. The third kappa shape index (κ3) is 3.33. The summed E-state index contributed by atoms with van der Waals surface area (Å²) in [6, 6.07) is 14.9. The number of benzene rings is 2. The van der Waals surface area contributed by atoms with Crippen molar-refractivity contribution in [3.8, 4) is 5.75 Å². The van der Waals surface area contributed by atoms with E-state index in [-0.39, 0.29) is 16.7 Å². The Morgan fingerprint density at radius 2 is 2.00 bits per heavy atom. The van der Waals surface area contributed by atoms with E-state index in [0.29, 0.717) is 18.8 Å². The van der Waals surface area contributed by atoms with Gasteiger partial charge < -0.3 is 4.74 Å². The second-order valence-corrected chi connectivity index (χ2v) is 9.47. The molecule has 6 heteroatoms. The van der Waals surface area contributed by atoms with Crippen molar-refractivity contribution < 1.29 is 17.9 Å². The Kier molecular flexibility index (Phi) is 4.54. The van der Waals surface area contributed by atoms with E-state index >= 15 is 0 Å². The van der Waals surface area contributed by atoms with Crippen LogP contribution in [0.15, 0.2) is 66.1 Å². The smallest absolute Gasteiger partial charge is 0.264 e. The first kappa shape index (κ1) is 18.7. The molecule has 4 rings (SSSR count). The zero-order valence-corrected chi connectivity index (χ0v) is 16.5. The third-order valence-electron chi connectivity index (χ3n) is 5.86. The predicted octanol–water partition coefficient (Wildman–Crippen LogP) is 3.42. The van der Waals surface area contributed by atoms with Crippen molar-refractivity contribution in [3.63, 3.8) is 0 Å². The number of carbonyl (C=O) groups excluding carboxylic acids is 1. The molecular formula is C22H23NO4S. The van der Waals surface area contributed by atoms with Gasteiger partial charge in [0.15, 0.2) is 0 Å². The van der Waals surface area contributed by atoms with Gasteiger partial charge >= 0.3 is 0 Å². The average Bonchev–Trinajstić information content (AvgIpc) is 3.39. The van der Waals surface area contributed by atoms with Crippen molar-refractivity contribution in [2.45, 2.75) is 30.6 Å². The molecule has 1 amide bonds. The van der Waals surface area contributed by atoms with Crippen molar-refractivity contribution >= 4 is 15.9 Å². The minimum Gasteiger partial charge on any atom is -0.493 e. The molecular weight excluding hydrogens is 374 g/mol. The van der Waals surface area contributed by atoms with Crippen LogP contribution in [0, 0.1) is 11.3 Å². The fraction of sp³-hybridized carbons (Fsp3) is 0.318. The van der Waals surface area contributed by atoms with Gasteiger partial charge in [-0.1, -0.05) is 49.4 Å². The highest BCUT2D eigenvalue weighted by atomic mass is 32.2. The van der Waals surface area contributed by atoms with E-state index in [0.717, 1.165) is 12.0 Å². The topological polar surface area (TPSA) is 72.5 Å². The zero-order valence-electron chi connectivity index (χ0n) is 15.7. The minimum absolute atomic E-state index is 0.0180. The van der Waals surface area contributed by atoms with Gasteiger partial charge in [0.1, 0.15) is 5.75 Å². The van der Waals surface area contributed by atoms with Crippen molar-refractivity contribution in [1.82, 2.24) is 4.72 Å². The van der Waals surface area contributed by atoms with E-state index in [9.17, 15) is 13.2 Å². The summed E-state index contributed by atoms with van der Waals surface area (Å²) in [6.07, 6.45) is 3.10. The Balaban J connectivity index is 1.51. The highest BCUT2D eigenvalue weighted by molar-refractivity contribution is 7.90. The Labute approximate surface area is 165 Å². The number of allylic oxidation sites excluding steroid dienone is 1. The number of hydrogen-bond donors (Lipinski definition) is 1. The van der Waals surface area contributed by atoms with Gasteiger partial charge in [-0.05, 0) is 36.0 Å². The van der Waals surface area contributed by atoms with Crippen molar-refractivity contribution in [1.29, 1.82) is 0 Å². The van der Waals surface area contributed by atoms with Crippen LogP contribution in [0.2, 0.25) is 0 Å². The summed E-state index contributed by atoms with van der Waals surface area (Å²) < 4.78 is 33.4. The number of fused-ring (bicyclic) bond motifs is 1. The maximum atomic E-state index is 12.7. The summed E-state index contributed by atoms with van der Waals surface area (Å²) in [6.45, 7) is 5.93. The Bertz CT molecular complexity index is 1030.